The van der Waals surface area contributed by atoms with E-state index >= 15 is 0 Å². The number of halogens is 2. The third-order valence-corrected chi connectivity index (χ3v) is 1.47. The van der Waals surface area contributed by atoms with Crippen molar-refractivity contribution in [1.82, 2.24) is 0 Å². The summed E-state index contributed by atoms with van der Waals surface area (Å²) in [6.45, 7) is 2.97. The highest BCUT2D eigenvalue weighted by molar-refractivity contribution is 4.71. The SMILES string of the molecule is CCCCC(F)(F)C(C)O. The molecule has 10 heavy (non-hydrogen) atoms. The Morgan fingerprint density at radius 2 is 2.00 bits per heavy atom. The van der Waals surface area contributed by atoms with Gasteiger partial charge >= 0.3 is 0 Å². The van der Waals surface area contributed by atoms with Crippen molar-refractivity contribution in [3.05, 3.63) is 0 Å². The van der Waals surface area contributed by atoms with E-state index in [4.69, 9.17) is 5.11 Å². The molecular formula is C7H14F2O. The van der Waals surface area contributed by atoms with Crippen LogP contribution in [0.25, 0.3) is 0 Å². The van der Waals surface area contributed by atoms with Crippen LogP contribution in [0.15, 0.2) is 0 Å². The van der Waals surface area contributed by atoms with E-state index in [1.54, 1.807) is 0 Å². The van der Waals surface area contributed by atoms with Crippen molar-refractivity contribution in [3.63, 3.8) is 0 Å². The summed E-state index contributed by atoms with van der Waals surface area (Å²) in [6.07, 6.45) is -0.513. The highest BCUT2D eigenvalue weighted by Crippen LogP contribution is 2.24. The van der Waals surface area contributed by atoms with Crippen LogP contribution in [0.4, 0.5) is 8.78 Å². The number of hydrogen-bond acceptors (Lipinski definition) is 1. The first-order valence-corrected chi connectivity index (χ1v) is 3.56. The zero-order chi connectivity index (χ0) is 8.20. The van der Waals surface area contributed by atoms with Crippen LogP contribution in [0.2, 0.25) is 0 Å². The highest BCUT2D eigenvalue weighted by atomic mass is 19.3. The summed E-state index contributed by atoms with van der Waals surface area (Å²) >= 11 is 0. The van der Waals surface area contributed by atoms with Gasteiger partial charge in [0.15, 0.2) is 0 Å². The van der Waals surface area contributed by atoms with Gasteiger partial charge in [0.2, 0.25) is 0 Å². The molecular weight excluding hydrogens is 138 g/mol. The molecule has 1 nitrogen and oxygen atoms in total. The van der Waals surface area contributed by atoms with E-state index in [2.05, 4.69) is 0 Å². The quantitative estimate of drug-likeness (QED) is 0.654. The third kappa shape index (κ3) is 3.11. The Kier molecular flexibility index (Phi) is 3.79. The predicted molar refractivity (Wildman–Crippen MR) is 36.2 cm³/mol. The molecule has 3 heteroatoms. The molecule has 0 aromatic carbocycles. The fourth-order valence-corrected chi connectivity index (χ4v) is 0.621. The average molecular weight is 152 g/mol. The maximum atomic E-state index is 12.5. The second-order valence-electron chi connectivity index (χ2n) is 2.54. The highest BCUT2D eigenvalue weighted by Gasteiger charge is 2.33. The molecule has 0 fully saturated rings. The molecule has 0 aromatic heterocycles. The largest absolute Gasteiger partial charge is 0.387 e. The summed E-state index contributed by atoms with van der Waals surface area (Å²) in [7, 11) is 0. The van der Waals surface area contributed by atoms with Crippen molar-refractivity contribution in [2.24, 2.45) is 0 Å². The van der Waals surface area contributed by atoms with E-state index in [0.29, 0.717) is 6.42 Å². The van der Waals surface area contributed by atoms with Gasteiger partial charge in [-0.1, -0.05) is 13.3 Å². The smallest absolute Gasteiger partial charge is 0.273 e. The molecule has 0 aliphatic carbocycles. The zero-order valence-electron chi connectivity index (χ0n) is 6.40. The average Bonchev–Trinajstić information content (AvgIpc) is 1.84. The normalized spacial score (nSPS) is 15.3. The minimum atomic E-state index is -2.89. The van der Waals surface area contributed by atoms with Crippen LogP contribution in [0.3, 0.4) is 0 Å². The maximum Gasteiger partial charge on any atom is 0.273 e. The Morgan fingerprint density at radius 1 is 1.50 bits per heavy atom. The lowest BCUT2D eigenvalue weighted by atomic mass is 10.1. The lowest BCUT2D eigenvalue weighted by molar-refractivity contribution is -0.105. The number of unbranched alkanes of at least 4 members (excludes halogenated alkanes) is 1. The molecule has 0 amide bonds. The Bertz CT molecular complexity index is 91.6. The van der Waals surface area contributed by atoms with Crippen LogP contribution in [0.1, 0.15) is 33.1 Å². The topological polar surface area (TPSA) is 20.2 Å². The van der Waals surface area contributed by atoms with Crippen LogP contribution < -0.4 is 0 Å². The fraction of sp³-hybridized carbons (Fsp3) is 1.00. The van der Waals surface area contributed by atoms with Gasteiger partial charge in [-0.25, -0.2) is 8.78 Å². The van der Waals surface area contributed by atoms with Crippen molar-refractivity contribution in [2.75, 3.05) is 0 Å². The molecule has 0 saturated carbocycles. The maximum absolute atomic E-state index is 12.5. The first-order chi connectivity index (χ1) is 4.50. The van der Waals surface area contributed by atoms with Gasteiger partial charge < -0.3 is 5.11 Å². The molecule has 0 aromatic rings. The molecule has 0 saturated heterocycles. The van der Waals surface area contributed by atoms with Gasteiger partial charge in [0.05, 0.1) is 0 Å². The van der Waals surface area contributed by atoms with Gasteiger partial charge in [-0.05, 0) is 13.3 Å². The van der Waals surface area contributed by atoms with E-state index in [0.717, 1.165) is 13.3 Å². The van der Waals surface area contributed by atoms with Gasteiger partial charge in [0, 0.05) is 6.42 Å². The molecule has 0 spiro atoms. The van der Waals surface area contributed by atoms with Gasteiger partial charge in [0.25, 0.3) is 5.92 Å². The molecule has 0 bridgehead atoms. The fourth-order valence-electron chi connectivity index (χ4n) is 0.621. The van der Waals surface area contributed by atoms with E-state index in [1.807, 2.05) is 6.92 Å². The van der Waals surface area contributed by atoms with E-state index in [-0.39, 0.29) is 6.42 Å². The van der Waals surface area contributed by atoms with Crippen molar-refractivity contribution in [3.8, 4) is 0 Å². The Balaban J connectivity index is 3.63. The predicted octanol–water partition coefficient (Wildman–Crippen LogP) is 2.19. The Labute approximate surface area is 60.1 Å². The first kappa shape index (κ1) is 9.82. The summed E-state index contributed by atoms with van der Waals surface area (Å²) in [6, 6.07) is 0. The van der Waals surface area contributed by atoms with Gasteiger partial charge in [-0.3, -0.25) is 0 Å². The van der Waals surface area contributed by atoms with Crippen LogP contribution >= 0.6 is 0 Å². The van der Waals surface area contributed by atoms with E-state index in [1.165, 1.54) is 0 Å². The van der Waals surface area contributed by atoms with Crippen LogP contribution in [0.5, 0.6) is 0 Å². The summed E-state index contributed by atoms with van der Waals surface area (Å²) in [5.74, 6) is -2.89. The lowest BCUT2D eigenvalue weighted by Crippen LogP contribution is -2.30. The molecule has 0 aliphatic heterocycles. The number of alkyl halides is 2. The lowest BCUT2D eigenvalue weighted by Gasteiger charge is -2.18. The molecule has 1 atom stereocenters. The molecule has 1 N–H and O–H groups in total. The van der Waals surface area contributed by atoms with Gasteiger partial charge in [0.1, 0.15) is 6.10 Å². The minimum Gasteiger partial charge on any atom is -0.387 e. The second-order valence-corrected chi connectivity index (χ2v) is 2.54. The van der Waals surface area contributed by atoms with E-state index in [9.17, 15) is 8.78 Å². The number of rotatable bonds is 4. The van der Waals surface area contributed by atoms with Gasteiger partial charge in [-0.15, -0.1) is 0 Å². The zero-order valence-corrected chi connectivity index (χ0v) is 6.40. The van der Waals surface area contributed by atoms with Crippen LogP contribution in [-0.4, -0.2) is 17.1 Å². The van der Waals surface area contributed by atoms with Crippen molar-refractivity contribution in [2.45, 2.75) is 45.1 Å². The number of aliphatic hydroxyl groups is 1. The molecule has 0 radical (unpaired) electrons. The molecule has 1 unspecified atom stereocenters. The van der Waals surface area contributed by atoms with Crippen molar-refractivity contribution >= 4 is 0 Å². The molecule has 0 rings (SSSR count). The van der Waals surface area contributed by atoms with Crippen molar-refractivity contribution in [1.29, 1.82) is 0 Å². The van der Waals surface area contributed by atoms with Gasteiger partial charge in [-0.2, -0.15) is 0 Å². The third-order valence-electron chi connectivity index (χ3n) is 1.47. The number of aliphatic hydroxyl groups excluding tert-OH is 1. The Morgan fingerprint density at radius 3 is 2.30 bits per heavy atom. The monoisotopic (exact) mass is 152 g/mol. The second kappa shape index (κ2) is 3.86. The summed E-state index contributed by atoms with van der Waals surface area (Å²) in [5.41, 5.74) is 0. The van der Waals surface area contributed by atoms with Crippen molar-refractivity contribution < 1.29 is 13.9 Å². The molecule has 62 valence electrons. The summed E-state index contributed by atoms with van der Waals surface area (Å²) < 4.78 is 25.0. The standard InChI is InChI=1S/C7H14F2O/c1-3-4-5-7(8,9)6(2)10/h6,10H,3-5H2,1-2H3. The van der Waals surface area contributed by atoms with E-state index < -0.39 is 12.0 Å². The minimum absolute atomic E-state index is 0.207. The Hall–Kier alpha value is -0.180. The van der Waals surface area contributed by atoms with Crippen LogP contribution in [0, 0.1) is 0 Å². The molecule has 0 aliphatic rings. The number of hydrogen-bond donors (Lipinski definition) is 1. The molecule has 0 heterocycles. The first-order valence-electron chi connectivity index (χ1n) is 3.56. The summed E-state index contributed by atoms with van der Waals surface area (Å²) in [4.78, 5) is 0. The van der Waals surface area contributed by atoms with Crippen LogP contribution in [-0.2, 0) is 0 Å². The summed E-state index contributed by atoms with van der Waals surface area (Å²) in [5, 5.41) is 8.56.